The fraction of sp³-hybridized carbons (Fsp3) is 0.438. The maximum atomic E-state index is 6.35. The Morgan fingerprint density at radius 1 is 1.19 bits per heavy atom. The summed E-state index contributed by atoms with van der Waals surface area (Å²) < 4.78 is 0.789. The zero-order chi connectivity index (χ0) is 15.8. The molecule has 0 aliphatic carbocycles. The number of rotatable bonds is 3. The minimum Gasteiger partial charge on any atom is -0.370 e. The number of aromatic nitrogens is 1. The fourth-order valence-corrected chi connectivity index (χ4v) is 3.13. The molecule has 5 heteroatoms. The lowest BCUT2D eigenvalue weighted by atomic mass is 9.86. The molecule has 0 unspecified atom stereocenters. The number of fused-ring (bicyclic) bond motifs is 1. The van der Waals surface area contributed by atoms with E-state index in [1.54, 1.807) is 0 Å². The molecular weight excluding hydrogens is 371 g/mol. The highest BCUT2D eigenvalue weighted by molar-refractivity contribution is 9.10. The lowest BCUT2D eigenvalue weighted by molar-refractivity contribution is 0.590. The molecule has 0 saturated carbocycles. The van der Waals surface area contributed by atoms with Crippen LogP contribution in [0.2, 0.25) is 10.0 Å². The van der Waals surface area contributed by atoms with Crippen LogP contribution in [0.5, 0.6) is 0 Å². The van der Waals surface area contributed by atoms with Crippen molar-refractivity contribution in [2.75, 3.05) is 11.9 Å². The summed E-state index contributed by atoms with van der Waals surface area (Å²) in [5, 5.41) is 5.38. The van der Waals surface area contributed by atoms with Gasteiger partial charge in [-0.3, -0.25) is 0 Å². The number of nitrogens with zero attached hydrogens (tertiary/aromatic N) is 1. The Labute approximate surface area is 144 Å². The van der Waals surface area contributed by atoms with E-state index in [-0.39, 0.29) is 5.41 Å². The topological polar surface area (TPSA) is 24.9 Å². The van der Waals surface area contributed by atoms with Gasteiger partial charge in [0.15, 0.2) is 0 Å². The predicted octanol–water partition coefficient (Wildman–Crippen LogP) is 6.42. The van der Waals surface area contributed by atoms with Gasteiger partial charge in [-0.25, -0.2) is 4.98 Å². The van der Waals surface area contributed by atoms with E-state index in [1.165, 1.54) is 5.56 Å². The Hall–Kier alpha value is -0.510. The maximum absolute atomic E-state index is 6.35. The summed E-state index contributed by atoms with van der Waals surface area (Å²) in [6.07, 6.45) is 1.04. The van der Waals surface area contributed by atoms with Crippen molar-refractivity contribution in [3.05, 3.63) is 32.2 Å². The SMILES string of the molecule is CCCNc1nc2c(Cl)c(Cl)c(Br)cc2cc1C(C)(C)C. The van der Waals surface area contributed by atoms with Crippen LogP contribution in [0.4, 0.5) is 5.82 Å². The number of hydrogen-bond acceptors (Lipinski definition) is 2. The van der Waals surface area contributed by atoms with Crippen molar-refractivity contribution in [3.63, 3.8) is 0 Å². The molecule has 0 spiro atoms. The molecule has 0 aliphatic rings. The van der Waals surface area contributed by atoms with Gasteiger partial charge in [0, 0.05) is 22.0 Å². The molecule has 0 bridgehead atoms. The molecule has 2 aromatic rings. The van der Waals surface area contributed by atoms with E-state index in [0.717, 1.165) is 34.2 Å². The van der Waals surface area contributed by atoms with Crippen molar-refractivity contribution >= 4 is 55.9 Å². The van der Waals surface area contributed by atoms with E-state index in [0.29, 0.717) is 10.0 Å². The van der Waals surface area contributed by atoms with Crippen molar-refractivity contribution in [1.29, 1.82) is 0 Å². The molecule has 114 valence electrons. The van der Waals surface area contributed by atoms with E-state index in [4.69, 9.17) is 28.2 Å². The van der Waals surface area contributed by atoms with Gasteiger partial charge in [-0.1, -0.05) is 50.9 Å². The fourth-order valence-electron chi connectivity index (χ4n) is 2.17. The average molecular weight is 390 g/mol. The van der Waals surface area contributed by atoms with Crippen LogP contribution in [0, 0.1) is 0 Å². The number of hydrogen-bond donors (Lipinski definition) is 1. The van der Waals surface area contributed by atoms with Gasteiger partial charge in [-0.15, -0.1) is 0 Å². The number of anilines is 1. The molecule has 2 nitrogen and oxygen atoms in total. The number of halogens is 3. The zero-order valence-electron chi connectivity index (χ0n) is 12.7. The van der Waals surface area contributed by atoms with Gasteiger partial charge in [0.05, 0.1) is 15.6 Å². The average Bonchev–Trinajstić information content (AvgIpc) is 2.41. The number of pyridine rings is 1. The first kappa shape index (κ1) is 16.9. The molecule has 1 aromatic heterocycles. The van der Waals surface area contributed by atoms with Gasteiger partial charge in [0.25, 0.3) is 0 Å². The molecule has 1 aromatic carbocycles. The largest absolute Gasteiger partial charge is 0.370 e. The van der Waals surface area contributed by atoms with Crippen LogP contribution in [0.3, 0.4) is 0 Å². The summed E-state index contributed by atoms with van der Waals surface area (Å²) in [6.45, 7) is 9.55. The van der Waals surface area contributed by atoms with E-state index in [9.17, 15) is 0 Å². The number of nitrogens with one attached hydrogen (secondary N) is 1. The Morgan fingerprint density at radius 3 is 2.43 bits per heavy atom. The molecule has 1 heterocycles. The second-order valence-electron chi connectivity index (χ2n) is 6.12. The molecule has 1 N–H and O–H groups in total. The van der Waals surface area contributed by atoms with Crippen molar-refractivity contribution in [2.45, 2.75) is 39.5 Å². The quantitative estimate of drug-likeness (QED) is 0.612. The zero-order valence-corrected chi connectivity index (χ0v) is 15.7. The van der Waals surface area contributed by atoms with Crippen molar-refractivity contribution in [2.24, 2.45) is 0 Å². The minimum absolute atomic E-state index is 0.00411. The van der Waals surface area contributed by atoms with Crippen LogP contribution in [-0.4, -0.2) is 11.5 Å². The van der Waals surface area contributed by atoms with Crippen LogP contribution in [0.25, 0.3) is 10.9 Å². The minimum atomic E-state index is -0.00411. The first-order valence-electron chi connectivity index (χ1n) is 6.98. The standard InChI is InChI=1S/C16H19BrCl2N2/c1-5-6-20-15-10(16(2,3)4)7-9-8-11(17)12(18)13(19)14(9)21-15/h7-8H,5-6H2,1-4H3,(H,20,21). The normalized spacial score (nSPS) is 12.0. The third-order valence-electron chi connectivity index (χ3n) is 3.29. The summed E-state index contributed by atoms with van der Waals surface area (Å²) in [4.78, 5) is 4.73. The van der Waals surface area contributed by atoms with E-state index in [2.05, 4.69) is 55.0 Å². The second kappa shape index (κ2) is 6.31. The molecule has 0 aliphatic heterocycles. The Kier molecular flexibility index (Phi) is 5.07. The predicted molar refractivity (Wildman–Crippen MR) is 96.9 cm³/mol. The molecule has 0 atom stereocenters. The van der Waals surface area contributed by atoms with Gasteiger partial charge in [0.2, 0.25) is 0 Å². The molecular formula is C16H19BrCl2N2. The van der Waals surface area contributed by atoms with Crippen molar-refractivity contribution in [3.8, 4) is 0 Å². The van der Waals surface area contributed by atoms with Crippen LogP contribution in [0.1, 0.15) is 39.7 Å². The number of benzene rings is 1. The second-order valence-corrected chi connectivity index (χ2v) is 7.73. The molecule has 0 saturated heterocycles. The van der Waals surface area contributed by atoms with E-state index < -0.39 is 0 Å². The third-order valence-corrected chi connectivity index (χ3v) is 5.01. The summed E-state index contributed by atoms with van der Waals surface area (Å²) in [6, 6.07) is 4.11. The van der Waals surface area contributed by atoms with Crippen molar-refractivity contribution < 1.29 is 0 Å². The lowest BCUT2D eigenvalue weighted by Gasteiger charge is -2.23. The van der Waals surface area contributed by atoms with Crippen LogP contribution in [0.15, 0.2) is 16.6 Å². The lowest BCUT2D eigenvalue weighted by Crippen LogP contribution is -2.16. The van der Waals surface area contributed by atoms with Gasteiger partial charge in [-0.2, -0.15) is 0 Å². The highest BCUT2D eigenvalue weighted by atomic mass is 79.9. The molecule has 0 amide bonds. The van der Waals surface area contributed by atoms with Crippen LogP contribution < -0.4 is 5.32 Å². The van der Waals surface area contributed by atoms with Gasteiger partial charge in [0.1, 0.15) is 5.82 Å². The monoisotopic (exact) mass is 388 g/mol. The summed E-state index contributed by atoms with van der Waals surface area (Å²) in [5.41, 5.74) is 1.90. The highest BCUT2D eigenvalue weighted by Crippen LogP contribution is 2.39. The summed E-state index contributed by atoms with van der Waals surface area (Å²) in [5.74, 6) is 0.886. The Balaban J connectivity index is 2.74. The first-order chi connectivity index (χ1) is 9.75. The van der Waals surface area contributed by atoms with Crippen LogP contribution >= 0.6 is 39.1 Å². The van der Waals surface area contributed by atoms with Gasteiger partial charge >= 0.3 is 0 Å². The van der Waals surface area contributed by atoms with Gasteiger partial charge in [-0.05, 0) is 39.9 Å². The molecule has 0 fully saturated rings. The Bertz CT molecular complexity index is 678. The molecule has 2 rings (SSSR count). The van der Waals surface area contributed by atoms with E-state index >= 15 is 0 Å². The summed E-state index contributed by atoms with van der Waals surface area (Å²) in [7, 11) is 0. The first-order valence-corrected chi connectivity index (χ1v) is 8.53. The smallest absolute Gasteiger partial charge is 0.130 e. The summed E-state index contributed by atoms with van der Waals surface area (Å²) >= 11 is 16.0. The maximum Gasteiger partial charge on any atom is 0.130 e. The van der Waals surface area contributed by atoms with E-state index in [1.807, 2.05) is 6.07 Å². The molecule has 0 radical (unpaired) electrons. The van der Waals surface area contributed by atoms with Gasteiger partial charge < -0.3 is 5.32 Å². The van der Waals surface area contributed by atoms with Crippen molar-refractivity contribution in [1.82, 2.24) is 4.98 Å². The van der Waals surface area contributed by atoms with Crippen LogP contribution in [-0.2, 0) is 5.41 Å². The highest BCUT2D eigenvalue weighted by Gasteiger charge is 2.21. The molecule has 21 heavy (non-hydrogen) atoms. The Morgan fingerprint density at radius 2 is 1.86 bits per heavy atom. The third kappa shape index (κ3) is 3.46.